The average molecular weight is 686 g/mol. The molecule has 0 fully saturated rings. The third-order valence-electron chi connectivity index (χ3n) is 9.07. The Balaban J connectivity index is 0.00000169. The summed E-state index contributed by atoms with van der Waals surface area (Å²) in [5.41, 5.74) is 9.07. The fraction of sp³-hybridized carbons (Fsp3) is 0.128. The Bertz CT molecular complexity index is 1650. The van der Waals surface area contributed by atoms with E-state index >= 15 is 0 Å². The number of rotatable bonds is 6. The van der Waals surface area contributed by atoms with Crippen LogP contribution < -0.4 is 52.8 Å². The van der Waals surface area contributed by atoms with Crippen LogP contribution in [0.2, 0.25) is 5.04 Å². The summed E-state index contributed by atoms with van der Waals surface area (Å²) in [5.74, 6) is 0. The fourth-order valence-corrected chi connectivity index (χ4v) is 12.8. The molecular formula is C39H35Cl3SiTi. The molecule has 0 saturated carbocycles. The third-order valence-corrected chi connectivity index (χ3v) is 14.6. The minimum absolute atomic E-state index is 0. The van der Waals surface area contributed by atoms with E-state index in [-0.39, 0.29) is 64.0 Å². The number of benzene rings is 5. The van der Waals surface area contributed by atoms with Gasteiger partial charge >= 0.3 is 21.7 Å². The monoisotopic (exact) mass is 684 g/mol. The molecule has 6 rings (SSSR count). The Morgan fingerprint density at radius 2 is 0.841 bits per heavy atom. The Kier molecular flexibility index (Phi) is 13.3. The van der Waals surface area contributed by atoms with Crippen LogP contribution >= 0.6 is 0 Å². The number of hydrogen-bond acceptors (Lipinski definition) is 0. The van der Waals surface area contributed by atoms with Gasteiger partial charge in [-0.05, 0) is 37.8 Å². The van der Waals surface area contributed by atoms with Gasteiger partial charge in [-0.25, -0.2) is 5.57 Å². The summed E-state index contributed by atoms with van der Waals surface area (Å²) < 4.78 is 0. The predicted octanol–water partition coefficient (Wildman–Crippen LogP) is -0.640. The maximum atomic E-state index is 4.09. The van der Waals surface area contributed by atoms with Crippen LogP contribution in [0, 0.1) is 6.08 Å². The first kappa shape index (κ1) is 37.6. The molecule has 5 heteroatoms. The zero-order valence-corrected chi connectivity index (χ0v) is 30.2. The van der Waals surface area contributed by atoms with Crippen molar-refractivity contribution in [1.29, 1.82) is 0 Å². The summed E-state index contributed by atoms with van der Waals surface area (Å²) in [6.07, 6.45) is 4.09. The first-order valence-corrected chi connectivity index (χ1v) is 16.1. The molecule has 0 saturated heterocycles. The third kappa shape index (κ3) is 6.38. The smallest absolute Gasteiger partial charge is 1.00 e. The van der Waals surface area contributed by atoms with Crippen LogP contribution in [0.3, 0.4) is 0 Å². The minimum Gasteiger partial charge on any atom is -1.00 e. The average Bonchev–Trinajstić information content (AvgIpc) is 3.22. The Morgan fingerprint density at radius 1 is 0.477 bits per heavy atom. The van der Waals surface area contributed by atoms with E-state index in [9.17, 15) is 0 Å². The van der Waals surface area contributed by atoms with Crippen LogP contribution in [0.25, 0.3) is 22.3 Å². The van der Waals surface area contributed by atoms with Gasteiger partial charge in [0.2, 0.25) is 0 Å². The minimum atomic E-state index is -2.78. The Labute approximate surface area is 297 Å². The molecule has 220 valence electrons. The van der Waals surface area contributed by atoms with Crippen molar-refractivity contribution in [1.82, 2.24) is 0 Å². The van der Waals surface area contributed by atoms with Gasteiger partial charge in [-0.3, -0.25) is 6.08 Å². The number of allylic oxidation sites excluding steroid dienone is 4. The molecule has 1 aliphatic rings. The molecule has 44 heavy (non-hydrogen) atoms. The van der Waals surface area contributed by atoms with E-state index in [1.165, 1.54) is 54.5 Å². The molecule has 1 aliphatic carbocycles. The standard InChI is InChI=1S/C39H35Si.3ClH.Ti/c1-29-28-39(4,31(3)30(29)2)40(36-22-12-7-13-23-36,37-24-14-20-34(26-37)32-16-8-5-9-17-32)38-25-15-21-35(27-38)33-18-10-6-11-19-33;;;;/h5-27H,1-4H3;3*1H;/q-1;;;;+4/p-3. The molecule has 0 heterocycles. The van der Waals surface area contributed by atoms with Crippen molar-refractivity contribution in [2.24, 2.45) is 0 Å². The molecule has 0 radical (unpaired) electrons. The van der Waals surface area contributed by atoms with E-state index < -0.39 is 8.07 Å². The molecule has 5 aromatic carbocycles. The second-order valence-electron chi connectivity index (χ2n) is 11.1. The Hall–Kier alpha value is -2.62. The maximum Gasteiger partial charge on any atom is 4.00 e. The second kappa shape index (κ2) is 15.6. The molecule has 1 unspecified atom stereocenters. The molecule has 0 spiro atoms. The van der Waals surface area contributed by atoms with Gasteiger partial charge in [-0.1, -0.05) is 165 Å². The quantitative estimate of drug-likeness (QED) is 0.127. The summed E-state index contributed by atoms with van der Waals surface area (Å²) in [5, 5.41) is 3.94. The van der Waals surface area contributed by atoms with Gasteiger partial charge in [0.25, 0.3) is 0 Å². The van der Waals surface area contributed by atoms with Gasteiger partial charge in [0.15, 0.2) is 0 Å². The van der Waals surface area contributed by atoms with Crippen LogP contribution in [0.5, 0.6) is 0 Å². The van der Waals surface area contributed by atoms with E-state index in [1.54, 1.807) is 0 Å². The van der Waals surface area contributed by atoms with E-state index in [4.69, 9.17) is 0 Å². The van der Waals surface area contributed by atoms with Crippen LogP contribution in [0.15, 0.2) is 156 Å². The molecule has 0 N–H and O–H groups in total. The number of halogens is 3. The molecule has 5 aromatic rings. The van der Waals surface area contributed by atoms with E-state index in [0.29, 0.717) is 0 Å². The van der Waals surface area contributed by atoms with Gasteiger partial charge in [-0.15, -0.1) is 6.92 Å². The molecular weight excluding hydrogens is 651 g/mol. The molecule has 1 atom stereocenters. The molecule has 0 nitrogen and oxygen atoms in total. The van der Waals surface area contributed by atoms with Crippen molar-refractivity contribution in [2.75, 3.05) is 0 Å². The molecule has 0 aliphatic heterocycles. The zero-order valence-electron chi connectivity index (χ0n) is 25.4. The predicted molar refractivity (Wildman–Crippen MR) is 174 cm³/mol. The summed E-state index contributed by atoms with van der Waals surface area (Å²) >= 11 is 0. The molecule has 0 amide bonds. The van der Waals surface area contributed by atoms with E-state index in [1.807, 2.05) is 0 Å². The Morgan fingerprint density at radius 3 is 1.23 bits per heavy atom. The molecule has 0 bridgehead atoms. The molecule has 0 aromatic heterocycles. The summed E-state index contributed by atoms with van der Waals surface area (Å²) in [6, 6.07) is 51.5. The largest absolute Gasteiger partial charge is 4.00 e. The van der Waals surface area contributed by atoms with Gasteiger partial charge in [0.05, 0.1) is 0 Å². The number of hydrogen-bond donors (Lipinski definition) is 0. The van der Waals surface area contributed by atoms with Crippen molar-refractivity contribution in [3.05, 3.63) is 162 Å². The van der Waals surface area contributed by atoms with Gasteiger partial charge < -0.3 is 37.2 Å². The maximum absolute atomic E-state index is 4.09. The van der Waals surface area contributed by atoms with Crippen molar-refractivity contribution in [3.63, 3.8) is 0 Å². The summed E-state index contributed by atoms with van der Waals surface area (Å²) in [7, 11) is -2.78. The summed E-state index contributed by atoms with van der Waals surface area (Å²) in [4.78, 5) is 0. The van der Waals surface area contributed by atoms with Crippen LogP contribution in [-0.2, 0) is 21.7 Å². The van der Waals surface area contributed by atoms with Gasteiger partial charge in [-0.2, -0.15) is 11.1 Å². The van der Waals surface area contributed by atoms with Crippen molar-refractivity contribution < 1.29 is 58.9 Å². The van der Waals surface area contributed by atoms with Gasteiger partial charge in [0.1, 0.15) is 8.07 Å². The van der Waals surface area contributed by atoms with Crippen LogP contribution in [0.4, 0.5) is 0 Å². The van der Waals surface area contributed by atoms with Crippen molar-refractivity contribution >= 4 is 23.6 Å². The van der Waals surface area contributed by atoms with Crippen LogP contribution in [-0.4, -0.2) is 8.07 Å². The normalized spacial score (nSPS) is 15.6. The second-order valence-corrected chi connectivity index (χ2v) is 15.4. The topological polar surface area (TPSA) is 0 Å². The zero-order chi connectivity index (χ0) is 27.7. The van der Waals surface area contributed by atoms with Crippen molar-refractivity contribution in [2.45, 2.75) is 32.7 Å². The van der Waals surface area contributed by atoms with Crippen molar-refractivity contribution in [3.8, 4) is 22.3 Å². The SMILES string of the molecule is CC1=[C-]C(C)([Si](c2ccccc2)(c2cccc(-c3ccccc3)c2)c2cccc(-c3ccccc3)c2)C(C)=C1C.[Cl-].[Cl-].[Cl-].[Ti+4]. The van der Waals surface area contributed by atoms with E-state index in [2.05, 4.69) is 173 Å². The van der Waals surface area contributed by atoms with Gasteiger partial charge in [0, 0.05) is 0 Å². The summed E-state index contributed by atoms with van der Waals surface area (Å²) in [6.45, 7) is 9.29. The first-order chi connectivity index (χ1) is 19.4. The van der Waals surface area contributed by atoms with Crippen LogP contribution in [0.1, 0.15) is 27.7 Å². The first-order valence-electron chi connectivity index (χ1n) is 14.1. The fourth-order valence-electron chi connectivity index (χ4n) is 6.77. The van der Waals surface area contributed by atoms with E-state index in [0.717, 1.165) is 0 Å².